The molecule has 1 aromatic heterocycles. The Bertz CT molecular complexity index is 1520. The maximum absolute atomic E-state index is 11.9. The number of H-pyrrole nitrogens is 1. The van der Waals surface area contributed by atoms with E-state index in [0.717, 1.165) is 85.7 Å². The number of amides is 4. The molecule has 0 bridgehead atoms. The van der Waals surface area contributed by atoms with Crippen LogP contribution in [0.15, 0.2) is 53.3 Å². The Labute approximate surface area is 259 Å². The van der Waals surface area contributed by atoms with Gasteiger partial charge in [0.05, 0.1) is 12.6 Å². The van der Waals surface area contributed by atoms with Gasteiger partial charge in [-0.2, -0.15) is 5.10 Å². The fourth-order valence-electron chi connectivity index (χ4n) is 5.36. The molecule has 6 rings (SSSR count). The highest BCUT2D eigenvalue weighted by Crippen LogP contribution is 2.27. The molecule has 4 heterocycles. The number of aromatic amines is 1. The lowest BCUT2D eigenvalue weighted by Crippen LogP contribution is -2.46. The molecule has 2 saturated heterocycles. The molecule has 1 aromatic carbocycles. The SMILES string of the molecule is CC.CCN1CCN(c2n[nH]c3ccc(C#CCC4NC(=O)NC4=O)cc23)CC1.COC1=CC2=C(CC=C1)CCN(C)C2=O. The molecule has 11 heteroatoms. The van der Waals surface area contributed by atoms with E-state index in [4.69, 9.17) is 4.74 Å². The largest absolute Gasteiger partial charge is 0.497 e. The predicted molar refractivity (Wildman–Crippen MR) is 172 cm³/mol. The van der Waals surface area contributed by atoms with E-state index in [1.54, 1.807) is 12.0 Å². The van der Waals surface area contributed by atoms with Crippen LogP contribution in [0, 0.1) is 11.8 Å². The Balaban J connectivity index is 0.000000220. The normalized spacial score (nSPS) is 19.8. The molecule has 234 valence electrons. The van der Waals surface area contributed by atoms with Gasteiger partial charge >= 0.3 is 6.03 Å². The van der Waals surface area contributed by atoms with E-state index in [9.17, 15) is 14.4 Å². The molecular formula is C33H43N7O4. The number of anilines is 1. The van der Waals surface area contributed by atoms with Gasteiger partial charge in [0.1, 0.15) is 11.8 Å². The summed E-state index contributed by atoms with van der Waals surface area (Å²) in [5, 5.41) is 13.4. The quantitative estimate of drug-likeness (QED) is 0.363. The lowest BCUT2D eigenvalue weighted by atomic mass is 9.97. The highest BCUT2D eigenvalue weighted by Gasteiger charge is 2.28. The predicted octanol–water partition coefficient (Wildman–Crippen LogP) is 3.32. The van der Waals surface area contributed by atoms with Crippen molar-refractivity contribution in [3.05, 3.63) is 58.9 Å². The van der Waals surface area contributed by atoms with Crippen molar-refractivity contribution in [1.82, 2.24) is 30.6 Å². The van der Waals surface area contributed by atoms with Gasteiger partial charge in [-0.25, -0.2) is 4.79 Å². The summed E-state index contributed by atoms with van der Waals surface area (Å²) in [6.07, 6.45) is 7.93. The number of carbonyl (C=O) groups is 3. The number of piperazine rings is 1. The molecule has 0 spiro atoms. The highest BCUT2D eigenvalue weighted by molar-refractivity contribution is 6.04. The van der Waals surface area contributed by atoms with Crippen molar-refractivity contribution in [2.45, 2.75) is 46.1 Å². The number of fused-ring (bicyclic) bond motifs is 1. The van der Waals surface area contributed by atoms with Crippen LogP contribution < -0.4 is 15.5 Å². The summed E-state index contributed by atoms with van der Waals surface area (Å²) in [6, 6.07) is 4.90. The van der Waals surface area contributed by atoms with Gasteiger partial charge in [-0.3, -0.25) is 20.0 Å². The molecule has 3 aliphatic heterocycles. The fraction of sp³-hybridized carbons (Fsp3) is 0.455. The zero-order chi connectivity index (χ0) is 31.6. The Kier molecular flexibility index (Phi) is 11.2. The molecule has 44 heavy (non-hydrogen) atoms. The van der Waals surface area contributed by atoms with Crippen molar-refractivity contribution in [3.8, 4) is 11.8 Å². The summed E-state index contributed by atoms with van der Waals surface area (Å²) in [4.78, 5) is 41.1. The number of urea groups is 1. The smallest absolute Gasteiger partial charge is 0.322 e. The van der Waals surface area contributed by atoms with Crippen LogP contribution in [0.25, 0.3) is 10.9 Å². The summed E-state index contributed by atoms with van der Waals surface area (Å²) in [5.74, 6) is 7.57. The molecule has 1 atom stereocenters. The average Bonchev–Trinajstić information content (AvgIpc) is 3.53. The number of carbonyl (C=O) groups excluding carboxylic acids is 3. The molecule has 4 amide bonds. The number of allylic oxidation sites excluding steroid dienone is 2. The lowest BCUT2D eigenvalue weighted by molar-refractivity contribution is -0.126. The molecule has 4 aliphatic rings. The maximum Gasteiger partial charge on any atom is 0.322 e. The third-order valence-electron chi connectivity index (χ3n) is 7.93. The zero-order valence-corrected chi connectivity index (χ0v) is 26.3. The van der Waals surface area contributed by atoms with Gasteiger partial charge in [0.15, 0.2) is 5.82 Å². The van der Waals surface area contributed by atoms with Crippen molar-refractivity contribution >= 4 is 34.6 Å². The minimum absolute atomic E-state index is 0.106. The second-order valence-corrected chi connectivity index (χ2v) is 10.6. The summed E-state index contributed by atoms with van der Waals surface area (Å²) in [5.41, 5.74) is 3.88. The number of ether oxygens (including phenoxy) is 1. The molecule has 3 N–H and O–H groups in total. The Morgan fingerprint density at radius 2 is 1.86 bits per heavy atom. The Morgan fingerprint density at radius 1 is 1.09 bits per heavy atom. The molecule has 0 radical (unpaired) electrons. The number of benzene rings is 1. The van der Waals surface area contributed by atoms with E-state index < -0.39 is 12.1 Å². The molecule has 11 nitrogen and oxygen atoms in total. The summed E-state index contributed by atoms with van der Waals surface area (Å²) in [7, 11) is 3.46. The van der Waals surface area contributed by atoms with E-state index in [1.165, 1.54) is 5.57 Å². The van der Waals surface area contributed by atoms with Gasteiger partial charge in [0, 0.05) is 62.7 Å². The van der Waals surface area contributed by atoms with Gasteiger partial charge < -0.3 is 24.8 Å². The molecule has 0 saturated carbocycles. The summed E-state index contributed by atoms with van der Waals surface area (Å²) < 4.78 is 5.17. The van der Waals surface area contributed by atoms with Crippen molar-refractivity contribution in [1.29, 1.82) is 0 Å². The van der Waals surface area contributed by atoms with Gasteiger partial charge in [0.2, 0.25) is 0 Å². The molecular weight excluding hydrogens is 558 g/mol. The van der Waals surface area contributed by atoms with Crippen molar-refractivity contribution in [2.24, 2.45) is 0 Å². The third-order valence-corrected chi connectivity index (χ3v) is 7.93. The molecule has 1 unspecified atom stereocenters. The number of aromatic nitrogens is 2. The van der Waals surface area contributed by atoms with E-state index in [-0.39, 0.29) is 18.2 Å². The second kappa shape index (κ2) is 15.3. The number of hydrogen-bond acceptors (Lipinski definition) is 7. The first kappa shape index (κ1) is 32.4. The minimum Gasteiger partial charge on any atom is -0.497 e. The van der Waals surface area contributed by atoms with Crippen LogP contribution in [0.4, 0.5) is 10.6 Å². The third kappa shape index (κ3) is 7.68. The van der Waals surface area contributed by atoms with Crippen LogP contribution in [0.2, 0.25) is 0 Å². The maximum atomic E-state index is 11.9. The number of likely N-dealkylation sites (N-methyl/N-ethyl adjacent to an activating group) is 2. The molecule has 2 aromatic rings. The average molecular weight is 602 g/mol. The van der Waals surface area contributed by atoms with Crippen molar-refractivity contribution in [2.75, 3.05) is 58.3 Å². The lowest BCUT2D eigenvalue weighted by Gasteiger charge is -2.34. The van der Waals surface area contributed by atoms with Gasteiger partial charge in [-0.15, -0.1) is 0 Å². The highest BCUT2D eigenvalue weighted by atomic mass is 16.5. The van der Waals surface area contributed by atoms with Gasteiger partial charge in [-0.1, -0.05) is 44.3 Å². The standard InChI is InChI=1S/C19H22N6O2.C12H15NO2.C2H6/c1-2-24-8-10-25(11-9-24)17-14-12-13(6-7-15(14)22-23-17)4-3-5-16-18(26)21-19(27)20-16;1-13-7-6-9-4-3-5-10(15-2)8-11(9)12(13)14;1-2/h6-7,12,16H,2,5,8-11H2,1H3,(H,22,23)(H2,20,21,26,27);3,5,8H,4,6-7H2,1-2H3;1-2H3. The zero-order valence-electron chi connectivity index (χ0n) is 26.3. The van der Waals surface area contributed by atoms with Gasteiger partial charge in [0.25, 0.3) is 11.8 Å². The van der Waals surface area contributed by atoms with E-state index in [0.29, 0.717) is 0 Å². The first-order valence-electron chi connectivity index (χ1n) is 15.3. The minimum atomic E-state index is -0.576. The Morgan fingerprint density at radius 3 is 2.55 bits per heavy atom. The first-order chi connectivity index (χ1) is 21.4. The monoisotopic (exact) mass is 601 g/mol. The van der Waals surface area contributed by atoms with E-state index in [1.807, 2.05) is 51.2 Å². The molecule has 1 aliphatic carbocycles. The van der Waals surface area contributed by atoms with Crippen LogP contribution in [-0.4, -0.2) is 97.3 Å². The number of methoxy groups -OCH3 is 1. The fourth-order valence-corrected chi connectivity index (χ4v) is 5.36. The summed E-state index contributed by atoms with van der Waals surface area (Å²) in [6.45, 7) is 12.1. The number of hydrogen-bond donors (Lipinski definition) is 3. The van der Waals surface area contributed by atoms with Crippen LogP contribution in [0.1, 0.15) is 45.6 Å². The van der Waals surface area contributed by atoms with E-state index >= 15 is 0 Å². The van der Waals surface area contributed by atoms with Crippen LogP contribution >= 0.6 is 0 Å². The number of imide groups is 1. The molecule has 2 fully saturated rings. The second-order valence-electron chi connectivity index (χ2n) is 10.6. The number of nitrogens with zero attached hydrogens (tertiary/aromatic N) is 4. The number of rotatable bonds is 4. The Hall–Kier alpha value is -4.56. The summed E-state index contributed by atoms with van der Waals surface area (Å²) >= 11 is 0. The topological polar surface area (TPSA) is 123 Å². The van der Waals surface area contributed by atoms with Gasteiger partial charge in [-0.05, 0) is 49.7 Å². The van der Waals surface area contributed by atoms with Crippen LogP contribution in [0.5, 0.6) is 0 Å². The van der Waals surface area contributed by atoms with Crippen LogP contribution in [-0.2, 0) is 14.3 Å². The van der Waals surface area contributed by atoms with Crippen molar-refractivity contribution < 1.29 is 19.1 Å². The first-order valence-corrected chi connectivity index (χ1v) is 15.3. The number of nitrogens with one attached hydrogen (secondary N) is 3. The van der Waals surface area contributed by atoms with Crippen molar-refractivity contribution in [3.63, 3.8) is 0 Å². The van der Waals surface area contributed by atoms with E-state index in [2.05, 4.69) is 55.5 Å². The van der Waals surface area contributed by atoms with Crippen LogP contribution in [0.3, 0.4) is 0 Å².